The molecule has 1 aromatic rings. The van der Waals surface area contributed by atoms with Gasteiger partial charge in [0.15, 0.2) is 9.75 Å². The minimum Gasteiger partial charge on any atom is -0.508 e. The van der Waals surface area contributed by atoms with Gasteiger partial charge in [-0.2, -0.15) is 0 Å². The SMILES string of the molecule is O=C1[C@H]2[C@H](CC=C3[C@H]2C[C@@]2(Cl)C(=O)N(CBr)C(=O)[C@@]2(Cl)[C@H]3c2ccc(O)cc2Cl)C(=O)N1C1CCCCC1. The average molecular weight is 645 g/mol. The molecule has 202 valence electrons. The van der Waals surface area contributed by atoms with Crippen molar-refractivity contribution in [3.05, 3.63) is 40.4 Å². The number of halogens is 4. The zero-order valence-corrected chi connectivity index (χ0v) is 24.2. The van der Waals surface area contributed by atoms with Crippen LogP contribution in [-0.2, 0) is 19.2 Å². The highest BCUT2D eigenvalue weighted by Gasteiger charge is 2.76. The Morgan fingerprint density at radius 2 is 1.71 bits per heavy atom. The number of alkyl halides is 3. The third kappa shape index (κ3) is 3.39. The summed E-state index contributed by atoms with van der Waals surface area (Å²) < 4.78 is 0. The zero-order chi connectivity index (χ0) is 27.1. The number of carbonyl (C=O) groups is 4. The van der Waals surface area contributed by atoms with E-state index in [1.807, 2.05) is 6.08 Å². The summed E-state index contributed by atoms with van der Waals surface area (Å²) >= 11 is 24.2. The van der Waals surface area contributed by atoms with Crippen LogP contribution in [0.2, 0.25) is 5.02 Å². The molecule has 0 bridgehead atoms. The summed E-state index contributed by atoms with van der Waals surface area (Å²) in [4.78, 5) is 53.7. The van der Waals surface area contributed by atoms with Crippen LogP contribution in [0.15, 0.2) is 29.8 Å². The first-order chi connectivity index (χ1) is 18.1. The van der Waals surface area contributed by atoms with Crippen molar-refractivity contribution >= 4 is 74.4 Å². The molecule has 2 aliphatic heterocycles. The number of hydrogen-bond donors (Lipinski definition) is 1. The summed E-state index contributed by atoms with van der Waals surface area (Å²) in [5.41, 5.74) is 1.03. The Labute approximate surface area is 243 Å². The number of imide groups is 2. The number of amides is 4. The molecule has 4 amide bonds. The van der Waals surface area contributed by atoms with Gasteiger partial charge in [-0.25, -0.2) is 0 Å². The van der Waals surface area contributed by atoms with E-state index >= 15 is 0 Å². The second-order valence-corrected chi connectivity index (χ2v) is 13.2. The predicted molar refractivity (Wildman–Crippen MR) is 145 cm³/mol. The maximum atomic E-state index is 14.0. The van der Waals surface area contributed by atoms with Crippen LogP contribution < -0.4 is 0 Å². The summed E-state index contributed by atoms with van der Waals surface area (Å²) in [6.07, 6.45) is 6.80. The third-order valence-electron chi connectivity index (χ3n) is 9.28. The maximum absolute atomic E-state index is 14.0. The van der Waals surface area contributed by atoms with Crippen molar-refractivity contribution in [3.8, 4) is 5.75 Å². The summed E-state index contributed by atoms with van der Waals surface area (Å²) in [5.74, 6) is -4.51. The first kappa shape index (κ1) is 26.6. The van der Waals surface area contributed by atoms with Crippen molar-refractivity contribution in [3.63, 3.8) is 0 Å². The van der Waals surface area contributed by atoms with Gasteiger partial charge in [-0.15, -0.1) is 23.2 Å². The molecule has 11 heteroatoms. The van der Waals surface area contributed by atoms with Gasteiger partial charge in [-0.1, -0.05) is 64.5 Å². The molecule has 4 fully saturated rings. The van der Waals surface area contributed by atoms with Gasteiger partial charge < -0.3 is 5.11 Å². The van der Waals surface area contributed by atoms with E-state index in [0.717, 1.165) is 37.0 Å². The molecule has 1 aromatic carbocycles. The minimum atomic E-state index is -1.91. The van der Waals surface area contributed by atoms with E-state index in [2.05, 4.69) is 15.9 Å². The Balaban J connectivity index is 1.51. The molecule has 6 rings (SSSR count). The Hall–Kier alpha value is -1.61. The maximum Gasteiger partial charge on any atom is 0.254 e. The summed E-state index contributed by atoms with van der Waals surface area (Å²) in [7, 11) is 0. The first-order valence-corrected chi connectivity index (χ1v) is 15.2. The average Bonchev–Trinajstić information content (AvgIpc) is 3.23. The van der Waals surface area contributed by atoms with Crippen LogP contribution in [-0.4, -0.2) is 59.8 Å². The second kappa shape index (κ2) is 9.22. The van der Waals surface area contributed by atoms with E-state index in [1.165, 1.54) is 17.0 Å². The topological polar surface area (TPSA) is 95.0 Å². The van der Waals surface area contributed by atoms with Gasteiger partial charge in [0.25, 0.3) is 11.8 Å². The highest BCUT2D eigenvalue weighted by molar-refractivity contribution is 9.09. The number of benzene rings is 1. The molecule has 6 atom stereocenters. The number of carbonyl (C=O) groups excluding carboxylic acids is 4. The number of rotatable bonds is 3. The minimum absolute atomic E-state index is 0.0527. The van der Waals surface area contributed by atoms with E-state index < -0.39 is 45.2 Å². The van der Waals surface area contributed by atoms with Crippen molar-refractivity contribution in [1.82, 2.24) is 9.80 Å². The molecule has 38 heavy (non-hydrogen) atoms. The van der Waals surface area contributed by atoms with E-state index in [4.69, 9.17) is 34.8 Å². The Morgan fingerprint density at radius 1 is 1.00 bits per heavy atom. The van der Waals surface area contributed by atoms with Crippen molar-refractivity contribution in [2.45, 2.75) is 66.7 Å². The summed E-state index contributed by atoms with van der Waals surface area (Å²) in [6.45, 7) is 0. The van der Waals surface area contributed by atoms with E-state index in [1.54, 1.807) is 6.07 Å². The Bertz CT molecular complexity index is 1300. The summed E-state index contributed by atoms with van der Waals surface area (Å²) in [6, 6.07) is 4.25. The van der Waals surface area contributed by atoms with Crippen LogP contribution in [0.4, 0.5) is 0 Å². The number of allylic oxidation sites excluding steroid dienone is 2. The van der Waals surface area contributed by atoms with Gasteiger partial charge in [0.1, 0.15) is 5.75 Å². The lowest BCUT2D eigenvalue weighted by Gasteiger charge is -2.51. The van der Waals surface area contributed by atoms with Gasteiger partial charge in [0.05, 0.1) is 17.3 Å². The van der Waals surface area contributed by atoms with Gasteiger partial charge in [-0.05, 0) is 49.3 Å². The summed E-state index contributed by atoms with van der Waals surface area (Å²) in [5, 5.41) is 10.2. The molecule has 0 radical (unpaired) electrons. The fraction of sp³-hybridized carbons (Fsp3) is 0.556. The van der Waals surface area contributed by atoms with E-state index in [-0.39, 0.29) is 40.5 Å². The van der Waals surface area contributed by atoms with Gasteiger partial charge in [-0.3, -0.25) is 29.0 Å². The van der Waals surface area contributed by atoms with Crippen LogP contribution in [0, 0.1) is 17.8 Å². The number of hydrogen-bond acceptors (Lipinski definition) is 5. The number of fused-ring (bicyclic) bond motifs is 4. The van der Waals surface area contributed by atoms with Crippen molar-refractivity contribution < 1.29 is 24.3 Å². The largest absolute Gasteiger partial charge is 0.508 e. The van der Waals surface area contributed by atoms with Crippen LogP contribution in [0.25, 0.3) is 0 Å². The monoisotopic (exact) mass is 642 g/mol. The molecule has 3 aliphatic carbocycles. The number of likely N-dealkylation sites (tertiary alicyclic amines) is 2. The molecule has 2 heterocycles. The van der Waals surface area contributed by atoms with Crippen LogP contribution in [0.3, 0.4) is 0 Å². The Kier molecular flexibility index (Phi) is 6.45. The van der Waals surface area contributed by atoms with Crippen molar-refractivity contribution in [2.75, 3.05) is 5.45 Å². The van der Waals surface area contributed by atoms with Crippen LogP contribution >= 0.6 is 50.7 Å². The van der Waals surface area contributed by atoms with Crippen LogP contribution in [0.5, 0.6) is 5.75 Å². The lowest BCUT2D eigenvalue weighted by molar-refractivity contribution is -0.144. The molecule has 7 nitrogen and oxygen atoms in total. The van der Waals surface area contributed by atoms with Gasteiger partial charge in [0.2, 0.25) is 11.8 Å². The fourth-order valence-corrected chi connectivity index (χ4v) is 9.27. The standard InChI is InChI=1S/C27H26BrCl3N2O5/c28-12-32-24(37)26(30)11-18-15(21(27(26,31)25(32)38)16-7-6-14(34)10-19(16)29)8-9-17-20(18)23(36)33(22(17)35)13-4-2-1-3-5-13/h6-8,10,13,17-18,20-21,34H,1-5,9,11-12H2/t17-,18+,20-,21+,26+,27-/m0/s1. The number of nitrogens with zero attached hydrogens (tertiary/aromatic N) is 2. The lowest BCUT2D eigenvalue weighted by atomic mass is 9.56. The number of phenolic OH excluding ortho intramolecular Hbond substituents is 1. The molecular weight excluding hydrogens is 619 g/mol. The molecule has 1 N–H and O–H groups in total. The molecule has 0 unspecified atom stereocenters. The van der Waals surface area contributed by atoms with Gasteiger partial charge >= 0.3 is 0 Å². The van der Waals surface area contributed by atoms with Crippen molar-refractivity contribution in [1.29, 1.82) is 0 Å². The molecule has 2 saturated carbocycles. The molecular formula is C27H26BrCl3N2O5. The Morgan fingerprint density at radius 3 is 2.37 bits per heavy atom. The number of phenols is 1. The molecule has 0 aromatic heterocycles. The van der Waals surface area contributed by atoms with Crippen molar-refractivity contribution in [2.24, 2.45) is 17.8 Å². The molecule has 2 saturated heterocycles. The zero-order valence-electron chi connectivity index (χ0n) is 20.3. The normalized spacial score (nSPS) is 37.3. The first-order valence-electron chi connectivity index (χ1n) is 12.9. The third-order valence-corrected chi connectivity index (χ3v) is 11.5. The quantitative estimate of drug-likeness (QED) is 0.214. The fourth-order valence-electron chi connectivity index (χ4n) is 7.57. The molecule has 0 spiro atoms. The van der Waals surface area contributed by atoms with E-state index in [9.17, 15) is 24.3 Å². The van der Waals surface area contributed by atoms with Gasteiger partial charge in [0, 0.05) is 17.0 Å². The van der Waals surface area contributed by atoms with Crippen LogP contribution in [0.1, 0.15) is 56.4 Å². The smallest absolute Gasteiger partial charge is 0.254 e. The molecule has 5 aliphatic rings. The predicted octanol–water partition coefficient (Wildman–Crippen LogP) is 5.09. The highest BCUT2D eigenvalue weighted by Crippen LogP contribution is 2.66. The highest BCUT2D eigenvalue weighted by atomic mass is 79.9. The second-order valence-electron chi connectivity index (χ2n) is 11.0. The number of aromatic hydroxyl groups is 1. The lowest BCUT2D eigenvalue weighted by Crippen LogP contribution is -2.60. The van der Waals surface area contributed by atoms with E-state index in [0.29, 0.717) is 17.6 Å².